The number of benzene rings is 2. The lowest BCUT2D eigenvalue weighted by atomic mass is 9.74. The number of fused-ring (bicyclic) bond motifs is 1. The Bertz CT molecular complexity index is 1020. The Morgan fingerprint density at radius 1 is 1.06 bits per heavy atom. The Morgan fingerprint density at radius 3 is 2.39 bits per heavy atom. The predicted molar refractivity (Wildman–Crippen MR) is 120 cm³/mol. The molecule has 2 aromatic rings. The maximum absolute atomic E-state index is 13.3. The summed E-state index contributed by atoms with van der Waals surface area (Å²) in [6.45, 7) is 3.68. The molecule has 1 N–H and O–H groups in total. The number of hydrogen-bond donors (Lipinski definition) is 1. The van der Waals surface area contributed by atoms with Gasteiger partial charge in [-0.15, -0.1) is 0 Å². The molecule has 0 radical (unpaired) electrons. The second kappa shape index (κ2) is 9.20. The van der Waals surface area contributed by atoms with Gasteiger partial charge in [0.15, 0.2) is 0 Å². The number of halogens is 1. The van der Waals surface area contributed by atoms with Crippen molar-refractivity contribution >= 4 is 16.1 Å². The summed E-state index contributed by atoms with van der Waals surface area (Å²) in [7, 11) is -3.72. The van der Waals surface area contributed by atoms with Gasteiger partial charge >= 0.3 is 0 Å². The number of aliphatic hydroxyl groups is 1. The molecule has 0 saturated carbocycles. The standard InChI is InChI=1S/C24H29FN2O3S/c1-2-5-18-6-8-19(9-7-18)24-22-16-26(14-3-4-15-27(22)23(24)17-28)31(29,30)21-12-10-20(25)11-13-21/h2,5-13,22-24,28H,3-4,14-17H2,1H3/b5-2+/t22-,23+,24-/m0/s1. The third-order valence-corrected chi connectivity index (χ3v) is 8.34. The van der Waals surface area contributed by atoms with E-state index < -0.39 is 15.8 Å². The van der Waals surface area contributed by atoms with Gasteiger partial charge in [0.25, 0.3) is 0 Å². The molecule has 0 aliphatic carbocycles. The second-order valence-electron chi connectivity index (χ2n) is 8.27. The molecule has 5 nitrogen and oxygen atoms in total. The van der Waals surface area contributed by atoms with E-state index in [-0.39, 0.29) is 29.5 Å². The van der Waals surface area contributed by atoms with Gasteiger partial charge < -0.3 is 5.11 Å². The van der Waals surface area contributed by atoms with E-state index in [1.807, 2.05) is 19.1 Å². The minimum absolute atomic E-state index is 0.000223. The first-order valence-electron chi connectivity index (χ1n) is 10.8. The van der Waals surface area contributed by atoms with Crippen molar-refractivity contribution < 1.29 is 17.9 Å². The van der Waals surface area contributed by atoms with Crippen molar-refractivity contribution in [2.24, 2.45) is 0 Å². The first-order valence-corrected chi connectivity index (χ1v) is 12.2. The van der Waals surface area contributed by atoms with Gasteiger partial charge in [0.05, 0.1) is 11.5 Å². The minimum atomic E-state index is -3.72. The quantitative estimate of drug-likeness (QED) is 0.767. The zero-order valence-electron chi connectivity index (χ0n) is 17.7. The van der Waals surface area contributed by atoms with Crippen LogP contribution in [-0.2, 0) is 10.0 Å². The fourth-order valence-corrected chi connectivity index (χ4v) is 6.40. The Kier molecular flexibility index (Phi) is 6.57. The highest BCUT2D eigenvalue weighted by Gasteiger charge is 2.50. The lowest BCUT2D eigenvalue weighted by molar-refractivity contribution is -0.0553. The molecule has 0 bridgehead atoms. The molecule has 0 unspecified atom stereocenters. The van der Waals surface area contributed by atoms with Gasteiger partial charge in [-0.05, 0) is 61.7 Å². The van der Waals surface area contributed by atoms with Crippen molar-refractivity contribution in [3.63, 3.8) is 0 Å². The zero-order chi connectivity index (χ0) is 22.0. The van der Waals surface area contributed by atoms with Crippen LogP contribution in [0.3, 0.4) is 0 Å². The topological polar surface area (TPSA) is 60.9 Å². The summed E-state index contributed by atoms with van der Waals surface area (Å²) in [6, 6.07) is 13.3. The van der Waals surface area contributed by atoms with Crippen molar-refractivity contribution in [3.05, 3.63) is 71.6 Å². The van der Waals surface area contributed by atoms with E-state index in [1.165, 1.54) is 28.6 Å². The molecule has 0 spiro atoms. The van der Waals surface area contributed by atoms with Crippen molar-refractivity contribution in [2.75, 3.05) is 26.2 Å². The molecule has 3 atom stereocenters. The van der Waals surface area contributed by atoms with Crippen LogP contribution < -0.4 is 0 Å². The van der Waals surface area contributed by atoms with Crippen LogP contribution in [0.5, 0.6) is 0 Å². The van der Waals surface area contributed by atoms with Crippen LogP contribution >= 0.6 is 0 Å². The third kappa shape index (κ3) is 4.32. The molecule has 2 fully saturated rings. The first kappa shape index (κ1) is 22.1. The van der Waals surface area contributed by atoms with Gasteiger partial charge in [-0.3, -0.25) is 4.90 Å². The average Bonchev–Trinajstić information content (AvgIpc) is 2.74. The molecular formula is C24H29FN2O3S. The summed E-state index contributed by atoms with van der Waals surface area (Å²) in [6.07, 6.45) is 5.65. The van der Waals surface area contributed by atoms with Crippen LogP contribution in [-0.4, -0.2) is 61.1 Å². The molecule has 2 aromatic carbocycles. The molecule has 0 amide bonds. The lowest BCUT2D eigenvalue weighted by Gasteiger charge is -2.57. The highest BCUT2D eigenvalue weighted by Crippen LogP contribution is 2.42. The summed E-state index contributed by atoms with van der Waals surface area (Å²) in [5.74, 6) is -0.391. The molecule has 2 saturated heterocycles. The summed E-state index contributed by atoms with van der Waals surface area (Å²) in [5.41, 5.74) is 2.23. The van der Waals surface area contributed by atoms with E-state index in [2.05, 4.69) is 29.2 Å². The molecule has 166 valence electrons. The van der Waals surface area contributed by atoms with Crippen molar-refractivity contribution in [2.45, 2.75) is 42.7 Å². The van der Waals surface area contributed by atoms with Gasteiger partial charge in [0, 0.05) is 31.1 Å². The van der Waals surface area contributed by atoms with Crippen molar-refractivity contribution in [1.82, 2.24) is 9.21 Å². The molecule has 31 heavy (non-hydrogen) atoms. The van der Waals surface area contributed by atoms with Gasteiger partial charge in [0.1, 0.15) is 5.82 Å². The maximum atomic E-state index is 13.3. The number of aliphatic hydroxyl groups excluding tert-OH is 1. The first-order chi connectivity index (χ1) is 15.0. The van der Waals surface area contributed by atoms with E-state index in [1.54, 1.807) is 0 Å². The second-order valence-corrected chi connectivity index (χ2v) is 10.2. The molecular weight excluding hydrogens is 415 g/mol. The fraction of sp³-hybridized carbons (Fsp3) is 0.417. The Balaban J connectivity index is 1.62. The number of sulfonamides is 1. The number of rotatable bonds is 5. The number of nitrogens with zero attached hydrogens (tertiary/aromatic N) is 2. The Labute approximate surface area is 183 Å². The zero-order valence-corrected chi connectivity index (χ0v) is 18.5. The smallest absolute Gasteiger partial charge is 0.243 e. The van der Waals surface area contributed by atoms with Crippen LogP contribution in [0.25, 0.3) is 6.08 Å². The normalized spacial score (nSPS) is 25.6. The number of hydrogen-bond acceptors (Lipinski definition) is 4. The minimum Gasteiger partial charge on any atom is -0.395 e. The van der Waals surface area contributed by atoms with Gasteiger partial charge in [-0.25, -0.2) is 12.8 Å². The highest BCUT2D eigenvalue weighted by atomic mass is 32.2. The molecule has 2 aliphatic heterocycles. The maximum Gasteiger partial charge on any atom is 0.243 e. The van der Waals surface area contributed by atoms with E-state index in [0.29, 0.717) is 13.1 Å². The summed E-state index contributed by atoms with van der Waals surface area (Å²) in [4.78, 5) is 2.36. The fourth-order valence-electron chi connectivity index (χ4n) is 4.90. The van der Waals surface area contributed by atoms with Crippen molar-refractivity contribution in [1.29, 1.82) is 0 Å². The largest absolute Gasteiger partial charge is 0.395 e. The van der Waals surface area contributed by atoms with Gasteiger partial charge in [0.2, 0.25) is 10.0 Å². The third-order valence-electron chi connectivity index (χ3n) is 6.46. The van der Waals surface area contributed by atoms with Crippen LogP contribution in [0.15, 0.2) is 59.5 Å². The molecule has 2 aliphatic rings. The van der Waals surface area contributed by atoms with Crippen LogP contribution in [0.2, 0.25) is 0 Å². The van der Waals surface area contributed by atoms with E-state index >= 15 is 0 Å². The Morgan fingerprint density at radius 2 is 1.74 bits per heavy atom. The molecule has 7 heteroatoms. The Hall–Kier alpha value is -2.06. The summed E-state index contributed by atoms with van der Waals surface area (Å²) >= 11 is 0. The van der Waals surface area contributed by atoms with Gasteiger partial charge in [-0.2, -0.15) is 4.31 Å². The molecule has 2 heterocycles. The summed E-state index contributed by atoms with van der Waals surface area (Å²) < 4.78 is 41.4. The average molecular weight is 445 g/mol. The predicted octanol–water partition coefficient (Wildman–Crippen LogP) is 3.47. The van der Waals surface area contributed by atoms with Crippen LogP contribution in [0, 0.1) is 5.82 Å². The SMILES string of the molecule is C/C=C/c1ccc([C@@H]2[C@@H](CO)N3CCCCN(S(=O)(=O)c4ccc(F)cc4)C[C@@H]23)cc1. The monoisotopic (exact) mass is 444 g/mol. The van der Waals surface area contributed by atoms with Crippen molar-refractivity contribution in [3.8, 4) is 0 Å². The summed E-state index contributed by atoms with van der Waals surface area (Å²) in [5, 5.41) is 10.1. The van der Waals surface area contributed by atoms with E-state index in [4.69, 9.17) is 0 Å². The van der Waals surface area contributed by atoms with Crippen LogP contribution in [0.4, 0.5) is 4.39 Å². The van der Waals surface area contributed by atoms with E-state index in [0.717, 1.165) is 30.5 Å². The number of allylic oxidation sites excluding steroid dienone is 1. The highest BCUT2D eigenvalue weighted by molar-refractivity contribution is 7.89. The molecule has 4 rings (SSSR count). The lowest BCUT2D eigenvalue weighted by Crippen LogP contribution is -2.67. The molecule has 0 aromatic heterocycles. The van der Waals surface area contributed by atoms with Crippen LogP contribution in [0.1, 0.15) is 36.8 Å². The van der Waals surface area contributed by atoms with Gasteiger partial charge in [-0.1, -0.05) is 36.4 Å². The van der Waals surface area contributed by atoms with E-state index in [9.17, 15) is 17.9 Å².